The molecule has 0 aliphatic carbocycles. The van der Waals surface area contributed by atoms with Crippen LogP contribution in [-0.2, 0) is 9.59 Å². The second-order valence-electron chi connectivity index (χ2n) is 7.56. The number of aromatic hydroxyl groups is 1. The molecule has 0 spiro atoms. The Hall–Kier alpha value is -2.57. The summed E-state index contributed by atoms with van der Waals surface area (Å²) in [5, 5.41) is 9.58. The molecule has 1 aromatic rings. The maximum absolute atomic E-state index is 12.9. The number of nitrogens with zero attached hydrogens (tertiary/aromatic N) is 3. The molecule has 3 amide bonds. The van der Waals surface area contributed by atoms with E-state index in [9.17, 15) is 19.5 Å². The highest BCUT2D eigenvalue weighted by Gasteiger charge is 2.38. The Balaban J connectivity index is 1.61. The fraction of sp³-hybridized carbons (Fsp3) is 0.550. The molecule has 7 nitrogen and oxygen atoms in total. The van der Waals surface area contributed by atoms with E-state index in [4.69, 9.17) is 0 Å². The van der Waals surface area contributed by atoms with Crippen LogP contribution in [0.5, 0.6) is 5.75 Å². The minimum absolute atomic E-state index is 0.0122. The summed E-state index contributed by atoms with van der Waals surface area (Å²) < 4.78 is 0. The summed E-state index contributed by atoms with van der Waals surface area (Å²) in [5.41, 5.74) is 0.448. The van der Waals surface area contributed by atoms with Gasteiger partial charge >= 0.3 is 0 Å². The van der Waals surface area contributed by atoms with Crippen LogP contribution in [0.4, 0.5) is 0 Å². The number of benzene rings is 1. The Labute approximate surface area is 159 Å². The highest BCUT2D eigenvalue weighted by molar-refractivity contribution is 5.94. The Morgan fingerprint density at radius 2 is 1.81 bits per heavy atom. The second kappa shape index (κ2) is 7.98. The minimum Gasteiger partial charge on any atom is -0.508 e. The standard InChI is InChI=1S/C20H27N3O4/c1-14(2)23-13-16(12-18(23)25)20(27)22-8-4-7-21(9-10-22)19(26)15-5-3-6-17(24)11-15/h3,5-6,11,14,16,24H,4,7-10,12-13H2,1-2H3. The number of amides is 3. The van der Waals surface area contributed by atoms with Crippen LogP contribution in [0.15, 0.2) is 24.3 Å². The van der Waals surface area contributed by atoms with Gasteiger partial charge in [-0.25, -0.2) is 0 Å². The van der Waals surface area contributed by atoms with Crippen LogP contribution in [0.1, 0.15) is 37.0 Å². The Morgan fingerprint density at radius 3 is 2.48 bits per heavy atom. The molecule has 2 fully saturated rings. The van der Waals surface area contributed by atoms with E-state index >= 15 is 0 Å². The molecule has 2 aliphatic heterocycles. The number of phenolic OH excluding ortho intramolecular Hbond substituents is 1. The number of hydrogen-bond acceptors (Lipinski definition) is 4. The summed E-state index contributed by atoms with van der Waals surface area (Å²) in [5.74, 6) is -0.305. The summed E-state index contributed by atoms with van der Waals surface area (Å²) in [6.07, 6.45) is 0.976. The van der Waals surface area contributed by atoms with Gasteiger partial charge in [-0.2, -0.15) is 0 Å². The zero-order valence-electron chi connectivity index (χ0n) is 15.9. The number of hydrogen-bond donors (Lipinski definition) is 1. The largest absolute Gasteiger partial charge is 0.508 e. The SMILES string of the molecule is CC(C)N1CC(C(=O)N2CCCN(C(=O)c3cccc(O)c3)CC2)CC1=O. The van der Waals surface area contributed by atoms with Crippen molar-refractivity contribution >= 4 is 17.7 Å². The van der Waals surface area contributed by atoms with Crippen LogP contribution in [0.25, 0.3) is 0 Å². The predicted molar refractivity (Wildman–Crippen MR) is 100 cm³/mol. The van der Waals surface area contributed by atoms with Crippen molar-refractivity contribution in [3.63, 3.8) is 0 Å². The van der Waals surface area contributed by atoms with E-state index in [1.165, 1.54) is 12.1 Å². The quantitative estimate of drug-likeness (QED) is 0.867. The smallest absolute Gasteiger partial charge is 0.254 e. The number of carbonyl (C=O) groups is 3. The van der Waals surface area contributed by atoms with E-state index in [-0.39, 0.29) is 41.9 Å². The third kappa shape index (κ3) is 4.23. The predicted octanol–water partition coefficient (Wildman–Crippen LogP) is 1.32. The zero-order valence-corrected chi connectivity index (χ0v) is 15.9. The van der Waals surface area contributed by atoms with Crippen LogP contribution < -0.4 is 0 Å². The summed E-state index contributed by atoms with van der Waals surface area (Å²) in [7, 11) is 0. The highest BCUT2D eigenvalue weighted by Crippen LogP contribution is 2.23. The summed E-state index contributed by atoms with van der Waals surface area (Å²) in [6.45, 7) is 6.49. The lowest BCUT2D eigenvalue weighted by molar-refractivity contribution is -0.135. The first-order chi connectivity index (χ1) is 12.9. The molecule has 146 valence electrons. The van der Waals surface area contributed by atoms with Crippen molar-refractivity contribution < 1.29 is 19.5 Å². The van der Waals surface area contributed by atoms with E-state index in [0.29, 0.717) is 44.7 Å². The van der Waals surface area contributed by atoms with Gasteiger partial charge in [-0.1, -0.05) is 6.07 Å². The topological polar surface area (TPSA) is 81.2 Å². The van der Waals surface area contributed by atoms with Crippen molar-refractivity contribution in [1.29, 1.82) is 0 Å². The molecule has 1 N–H and O–H groups in total. The molecule has 1 atom stereocenters. The lowest BCUT2D eigenvalue weighted by atomic mass is 10.1. The van der Waals surface area contributed by atoms with Crippen molar-refractivity contribution in [2.45, 2.75) is 32.7 Å². The third-order valence-electron chi connectivity index (χ3n) is 5.32. The third-order valence-corrected chi connectivity index (χ3v) is 5.32. The first-order valence-corrected chi connectivity index (χ1v) is 9.53. The average molecular weight is 373 g/mol. The summed E-state index contributed by atoms with van der Waals surface area (Å²) in [6, 6.07) is 6.42. The Morgan fingerprint density at radius 1 is 1.11 bits per heavy atom. The van der Waals surface area contributed by atoms with Gasteiger partial charge in [-0.3, -0.25) is 14.4 Å². The number of phenols is 1. The van der Waals surface area contributed by atoms with Crippen LogP contribution in [0.3, 0.4) is 0 Å². The van der Waals surface area contributed by atoms with Crippen LogP contribution in [0.2, 0.25) is 0 Å². The summed E-state index contributed by atoms with van der Waals surface area (Å²) >= 11 is 0. The monoisotopic (exact) mass is 373 g/mol. The van der Waals surface area contributed by atoms with E-state index in [1.54, 1.807) is 26.8 Å². The fourth-order valence-electron chi connectivity index (χ4n) is 3.82. The number of carbonyl (C=O) groups excluding carboxylic acids is 3. The van der Waals surface area contributed by atoms with Crippen molar-refractivity contribution in [3.05, 3.63) is 29.8 Å². The molecule has 27 heavy (non-hydrogen) atoms. The molecular formula is C20H27N3O4. The maximum Gasteiger partial charge on any atom is 0.254 e. The van der Waals surface area contributed by atoms with Gasteiger partial charge in [0.15, 0.2) is 0 Å². The molecule has 0 saturated carbocycles. The number of likely N-dealkylation sites (tertiary alicyclic amines) is 1. The van der Waals surface area contributed by atoms with Crippen LogP contribution >= 0.6 is 0 Å². The molecule has 0 bridgehead atoms. The van der Waals surface area contributed by atoms with Gasteiger partial charge in [0.1, 0.15) is 5.75 Å². The van der Waals surface area contributed by atoms with Gasteiger partial charge in [-0.05, 0) is 38.5 Å². The summed E-state index contributed by atoms with van der Waals surface area (Å²) in [4.78, 5) is 42.9. The van der Waals surface area contributed by atoms with Crippen molar-refractivity contribution in [2.24, 2.45) is 5.92 Å². The molecule has 7 heteroatoms. The minimum atomic E-state index is -0.284. The molecule has 0 radical (unpaired) electrons. The van der Waals surface area contributed by atoms with Gasteiger partial charge < -0.3 is 19.8 Å². The Bertz CT molecular complexity index is 734. The molecule has 0 aromatic heterocycles. The van der Waals surface area contributed by atoms with E-state index < -0.39 is 0 Å². The highest BCUT2D eigenvalue weighted by atomic mass is 16.3. The average Bonchev–Trinajstić information content (AvgIpc) is 2.87. The van der Waals surface area contributed by atoms with Crippen LogP contribution in [0, 0.1) is 5.92 Å². The van der Waals surface area contributed by atoms with Crippen molar-refractivity contribution in [3.8, 4) is 5.75 Å². The molecule has 2 aliphatic rings. The first-order valence-electron chi connectivity index (χ1n) is 9.53. The fourth-order valence-corrected chi connectivity index (χ4v) is 3.82. The maximum atomic E-state index is 12.9. The lowest BCUT2D eigenvalue weighted by Gasteiger charge is -2.25. The second-order valence-corrected chi connectivity index (χ2v) is 7.56. The Kier molecular flexibility index (Phi) is 5.68. The first kappa shape index (κ1) is 19.2. The van der Waals surface area contributed by atoms with Gasteiger partial charge in [0, 0.05) is 50.7 Å². The molecular weight excluding hydrogens is 346 g/mol. The van der Waals surface area contributed by atoms with Gasteiger partial charge in [0.25, 0.3) is 5.91 Å². The number of rotatable bonds is 3. The molecule has 1 unspecified atom stereocenters. The lowest BCUT2D eigenvalue weighted by Crippen LogP contribution is -2.41. The van der Waals surface area contributed by atoms with Gasteiger partial charge in [-0.15, -0.1) is 0 Å². The molecule has 2 saturated heterocycles. The van der Waals surface area contributed by atoms with Crippen LogP contribution in [-0.4, -0.2) is 76.3 Å². The molecule has 1 aromatic carbocycles. The van der Waals surface area contributed by atoms with Gasteiger partial charge in [0.2, 0.25) is 11.8 Å². The zero-order chi connectivity index (χ0) is 19.6. The van der Waals surface area contributed by atoms with Crippen molar-refractivity contribution in [2.75, 3.05) is 32.7 Å². The molecule has 2 heterocycles. The van der Waals surface area contributed by atoms with E-state index in [0.717, 1.165) is 0 Å². The van der Waals surface area contributed by atoms with E-state index in [1.807, 2.05) is 13.8 Å². The van der Waals surface area contributed by atoms with E-state index in [2.05, 4.69) is 0 Å². The van der Waals surface area contributed by atoms with Gasteiger partial charge in [0.05, 0.1) is 5.92 Å². The molecule has 3 rings (SSSR count). The van der Waals surface area contributed by atoms with Crippen molar-refractivity contribution in [1.82, 2.24) is 14.7 Å². The normalized spacial score (nSPS) is 20.9.